The third-order valence-electron chi connectivity index (χ3n) is 4.34. The van der Waals surface area contributed by atoms with Gasteiger partial charge in [-0.2, -0.15) is 0 Å². The molecule has 0 radical (unpaired) electrons. The van der Waals surface area contributed by atoms with Gasteiger partial charge in [0.1, 0.15) is 18.1 Å². The Balaban J connectivity index is 1.53. The largest absolute Gasteiger partial charge is 0.493 e. The molecule has 1 fully saturated rings. The van der Waals surface area contributed by atoms with Crippen molar-refractivity contribution < 1.29 is 14.3 Å². The maximum Gasteiger partial charge on any atom is 0.210 e. The molecule has 3 rings (SSSR count). The van der Waals surface area contributed by atoms with Crippen LogP contribution in [0.3, 0.4) is 0 Å². The molecule has 1 aliphatic rings. The molecule has 0 unspecified atom stereocenters. The molecule has 0 spiro atoms. The third-order valence-corrected chi connectivity index (χ3v) is 4.34. The van der Waals surface area contributed by atoms with Crippen LogP contribution in [0, 0.1) is 17.7 Å². The minimum absolute atomic E-state index is 0.00272. The van der Waals surface area contributed by atoms with Crippen LogP contribution >= 0.6 is 0 Å². The molecule has 0 aromatic heterocycles. The second-order valence-corrected chi connectivity index (χ2v) is 6.85. The fraction of sp³-hybridized carbons (Fsp3) is 0.350. The Morgan fingerprint density at radius 1 is 1.08 bits per heavy atom. The number of nitrogens with two attached hydrogens (primary N) is 1. The number of hydrogen-bond acceptors (Lipinski definition) is 4. The second kappa shape index (κ2) is 8.10. The first-order valence-corrected chi connectivity index (χ1v) is 8.68. The molecule has 2 aromatic carbocycles. The van der Waals surface area contributed by atoms with E-state index in [1.807, 2.05) is 55.5 Å². The van der Waals surface area contributed by atoms with E-state index in [2.05, 4.69) is 5.48 Å². The van der Waals surface area contributed by atoms with E-state index in [0.717, 1.165) is 35.5 Å². The van der Waals surface area contributed by atoms with E-state index >= 15 is 0 Å². The van der Waals surface area contributed by atoms with Gasteiger partial charge in [-0.05, 0) is 43.0 Å². The lowest BCUT2D eigenvalue weighted by Gasteiger charge is -2.17. The Morgan fingerprint density at radius 3 is 2.42 bits per heavy atom. The summed E-state index contributed by atoms with van der Waals surface area (Å²) in [5.41, 5.74) is 9.80. The Bertz CT molecular complexity index is 745. The standard InChI is InChI=1S/C20H25N3O3/c1-15-9-17(24-12-16-5-3-2-4-6-16)11-18(10-15)25-13-20(7-8-20)14-26-23-19(21)22/h2-6,9-11H,7-8,12-14H2,1H3,(H4,21,22,23). The number of benzene rings is 2. The molecule has 2 aromatic rings. The van der Waals surface area contributed by atoms with E-state index in [9.17, 15) is 0 Å². The molecule has 0 heterocycles. The number of ether oxygens (including phenoxy) is 2. The van der Waals surface area contributed by atoms with E-state index in [1.54, 1.807) is 0 Å². The summed E-state index contributed by atoms with van der Waals surface area (Å²) in [6.45, 7) is 3.58. The van der Waals surface area contributed by atoms with Crippen LogP contribution in [0.4, 0.5) is 0 Å². The van der Waals surface area contributed by atoms with Crippen LogP contribution in [0.5, 0.6) is 11.5 Å². The molecular weight excluding hydrogens is 330 g/mol. The highest BCUT2D eigenvalue weighted by atomic mass is 16.6. The fourth-order valence-corrected chi connectivity index (χ4v) is 2.63. The first-order valence-electron chi connectivity index (χ1n) is 8.68. The van der Waals surface area contributed by atoms with Crippen LogP contribution in [-0.4, -0.2) is 19.2 Å². The Hall–Kier alpha value is -2.73. The highest BCUT2D eigenvalue weighted by molar-refractivity contribution is 5.72. The van der Waals surface area contributed by atoms with Gasteiger partial charge < -0.3 is 15.2 Å². The Labute approximate surface area is 153 Å². The summed E-state index contributed by atoms with van der Waals surface area (Å²) in [7, 11) is 0. The van der Waals surface area contributed by atoms with Gasteiger partial charge in [-0.1, -0.05) is 30.3 Å². The van der Waals surface area contributed by atoms with Gasteiger partial charge in [0.15, 0.2) is 0 Å². The van der Waals surface area contributed by atoms with Crippen molar-refractivity contribution in [1.29, 1.82) is 5.41 Å². The molecule has 0 aliphatic heterocycles. The summed E-state index contributed by atoms with van der Waals surface area (Å²) in [5, 5.41) is 7.10. The first-order chi connectivity index (χ1) is 12.5. The normalized spacial score (nSPS) is 14.5. The average Bonchev–Trinajstić information content (AvgIpc) is 3.39. The maximum absolute atomic E-state index is 7.10. The molecule has 138 valence electrons. The number of aryl methyl sites for hydroxylation is 1. The van der Waals surface area contributed by atoms with Crippen LogP contribution < -0.4 is 20.7 Å². The molecule has 6 nitrogen and oxygen atoms in total. The highest BCUT2D eigenvalue weighted by Gasteiger charge is 2.44. The smallest absolute Gasteiger partial charge is 0.210 e. The van der Waals surface area contributed by atoms with Crippen LogP contribution in [0.1, 0.15) is 24.0 Å². The van der Waals surface area contributed by atoms with Gasteiger partial charge >= 0.3 is 0 Å². The van der Waals surface area contributed by atoms with E-state index < -0.39 is 0 Å². The number of rotatable bonds is 9. The quantitative estimate of drug-likeness (QED) is 0.365. The van der Waals surface area contributed by atoms with E-state index in [1.165, 1.54) is 0 Å². The molecule has 1 saturated carbocycles. The van der Waals surface area contributed by atoms with Gasteiger partial charge in [0.25, 0.3) is 0 Å². The van der Waals surface area contributed by atoms with Gasteiger partial charge in [0.2, 0.25) is 5.96 Å². The molecule has 0 atom stereocenters. The van der Waals surface area contributed by atoms with Crippen molar-refractivity contribution in [3.8, 4) is 11.5 Å². The number of nitrogens with one attached hydrogen (secondary N) is 2. The molecule has 1 aliphatic carbocycles. The molecule has 4 N–H and O–H groups in total. The lowest BCUT2D eigenvalue weighted by molar-refractivity contribution is 0.0299. The molecule has 6 heteroatoms. The van der Waals surface area contributed by atoms with Crippen molar-refractivity contribution in [2.75, 3.05) is 13.2 Å². The van der Waals surface area contributed by atoms with Gasteiger partial charge in [0, 0.05) is 11.5 Å². The predicted molar refractivity (Wildman–Crippen MR) is 100 cm³/mol. The van der Waals surface area contributed by atoms with Crippen LogP contribution in [-0.2, 0) is 11.4 Å². The van der Waals surface area contributed by atoms with E-state index in [-0.39, 0.29) is 11.4 Å². The Morgan fingerprint density at radius 2 is 1.77 bits per heavy atom. The zero-order chi connectivity index (χ0) is 18.4. The van der Waals surface area contributed by atoms with Gasteiger partial charge in [-0.3, -0.25) is 10.2 Å². The average molecular weight is 355 g/mol. The lowest BCUT2D eigenvalue weighted by Crippen LogP contribution is -2.33. The number of hydroxylamine groups is 1. The molecular formula is C20H25N3O3. The highest BCUT2D eigenvalue weighted by Crippen LogP contribution is 2.46. The number of hydrogen-bond donors (Lipinski definition) is 3. The predicted octanol–water partition coefficient (Wildman–Crippen LogP) is 3.15. The summed E-state index contributed by atoms with van der Waals surface area (Å²) in [4.78, 5) is 5.24. The van der Waals surface area contributed by atoms with Crippen molar-refractivity contribution in [2.45, 2.75) is 26.4 Å². The zero-order valence-electron chi connectivity index (χ0n) is 15.0. The molecule has 0 amide bonds. The lowest BCUT2D eigenvalue weighted by atomic mass is 10.1. The Kier molecular flexibility index (Phi) is 5.63. The topological polar surface area (TPSA) is 89.6 Å². The van der Waals surface area contributed by atoms with E-state index in [0.29, 0.717) is 19.8 Å². The van der Waals surface area contributed by atoms with Crippen molar-refractivity contribution in [1.82, 2.24) is 5.48 Å². The zero-order valence-corrected chi connectivity index (χ0v) is 15.0. The van der Waals surface area contributed by atoms with Crippen molar-refractivity contribution in [3.05, 3.63) is 59.7 Å². The first kappa shape index (κ1) is 18.1. The van der Waals surface area contributed by atoms with Crippen LogP contribution in [0.2, 0.25) is 0 Å². The van der Waals surface area contributed by atoms with Gasteiger partial charge in [-0.15, -0.1) is 0 Å². The maximum atomic E-state index is 7.10. The van der Waals surface area contributed by atoms with Gasteiger partial charge in [0.05, 0.1) is 13.2 Å². The van der Waals surface area contributed by atoms with Crippen molar-refractivity contribution in [3.63, 3.8) is 0 Å². The minimum atomic E-state index is -0.194. The van der Waals surface area contributed by atoms with Gasteiger partial charge in [-0.25, -0.2) is 5.48 Å². The molecule has 26 heavy (non-hydrogen) atoms. The molecule has 0 saturated heterocycles. The minimum Gasteiger partial charge on any atom is -0.493 e. The van der Waals surface area contributed by atoms with E-state index in [4.69, 9.17) is 25.5 Å². The summed E-state index contributed by atoms with van der Waals surface area (Å²) >= 11 is 0. The van der Waals surface area contributed by atoms with Crippen LogP contribution in [0.25, 0.3) is 0 Å². The van der Waals surface area contributed by atoms with Crippen molar-refractivity contribution >= 4 is 5.96 Å². The summed E-state index contributed by atoms with van der Waals surface area (Å²) in [6, 6.07) is 16.0. The number of guanidine groups is 1. The van der Waals surface area contributed by atoms with Crippen LogP contribution in [0.15, 0.2) is 48.5 Å². The second-order valence-electron chi connectivity index (χ2n) is 6.85. The van der Waals surface area contributed by atoms with Crippen molar-refractivity contribution in [2.24, 2.45) is 11.1 Å². The SMILES string of the molecule is Cc1cc(OCc2ccccc2)cc(OCC2(CONC(=N)N)CC2)c1. The monoisotopic (exact) mass is 355 g/mol. The summed E-state index contributed by atoms with van der Waals surface area (Å²) < 4.78 is 11.9. The summed E-state index contributed by atoms with van der Waals surface area (Å²) in [5.74, 6) is 1.39. The fourth-order valence-electron chi connectivity index (χ4n) is 2.63. The summed E-state index contributed by atoms with van der Waals surface area (Å²) in [6.07, 6.45) is 2.07. The molecule has 0 bridgehead atoms. The third kappa shape index (κ3) is 5.39.